The predicted molar refractivity (Wildman–Crippen MR) is 135 cm³/mol. The molecule has 0 spiro atoms. The number of hydrogen-bond donors (Lipinski definition) is 2. The molecule has 1 saturated carbocycles. The summed E-state index contributed by atoms with van der Waals surface area (Å²) >= 11 is 12.6. The molecule has 0 bridgehead atoms. The van der Waals surface area contributed by atoms with Gasteiger partial charge in [-0.05, 0) is 71.8 Å². The highest BCUT2D eigenvalue weighted by Crippen LogP contribution is 2.48. The smallest absolute Gasteiger partial charge is 0.248 e. The first-order chi connectivity index (χ1) is 15.9. The Kier molecular flexibility index (Phi) is 5.97. The third kappa shape index (κ3) is 3.96. The summed E-state index contributed by atoms with van der Waals surface area (Å²) in [5, 5.41) is 7.77. The van der Waals surface area contributed by atoms with Crippen LogP contribution in [-0.4, -0.2) is 27.0 Å². The minimum atomic E-state index is -1.10. The van der Waals surface area contributed by atoms with Crippen LogP contribution in [0, 0.1) is 5.92 Å². The Morgan fingerprint density at radius 2 is 1.97 bits per heavy atom. The standard InChI is InChI=1S/C25H24ClN3O2S2/c1-15(16-9-10-16)27-22-8-4-7-21(28-22)25(17-11-12-33-14-17)13-20(30)23(24(31)29(25)32)18-5-2-3-6-19(18)26/h2-8,11-12,14-16,23,32H,9-10,13H2,1H3,(H,27,28). The highest BCUT2D eigenvalue weighted by Gasteiger charge is 2.53. The molecule has 5 nitrogen and oxygen atoms in total. The number of nitrogens with one attached hydrogen (secondary N) is 1. The highest BCUT2D eigenvalue weighted by molar-refractivity contribution is 7.78. The van der Waals surface area contributed by atoms with E-state index in [0.29, 0.717) is 28.2 Å². The molecule has 1 amide bonds. The Labute approximate surface area is 207 Å². The summed E-state index contributed by atoms with van der Waals surface area (Å²) < 4.78 is 1.39. The van der Waals surface area contributed by atoms with Gasteiger partial charge in [0.25, 0.3) is 0 Å². The molecule has 1 aromatic carbocycles. The van der Waals surface area contributed by atoms with E-state index in [9.17, 15) is 9.59 Å². The lowest BCUT2D eigenvalue weighted by atomic mass is 9.75. The maximum absolute atomic E-state index is 13.7. The van der Waals surface area contributed by atoms with Gasteiger partial charge in [-0.3, -0.25) is 13.9 Å². The van der Waals surface area contributed by atoms with Crippen LogP contribution in [0.4, 0.5) is 5.82 Å². The summed E-state index contributed by atoms with van der Waals surface area (Å²) in [5.74, 6) is -0.191. The molecule has 2 aromatic heterocycles. The molecular formula is C25H24ClN3O2S2. The second-order valence-corrected chi connectivity index (χ2v) is 10.4. The number of ketones is 1. The van der Waals surface area contributed by atoms with Gasteiger partial charge in [0.05, 0.1) is 5.69 Å². The van der Waals surface area contributed by atoms with Crippen LogP contribution in [0.25, 0.3) is 0 Å². The number of amides is 1. The van der Waals surface area contributed by atoms with Gasteiger partial charge in [-0.25, -0.2) is 4.98 Å². The van der Waals surface area contributed by atoms with Gasteiger partial charge in [-0.15, -0.1) is 0 Å². The lowest BCUT2D eigenvalue weighted by Crippen LogP contribution is -2.54. The Morgan fingerprint density at radius 3 is 2.67 bits per heavy atom. The molecule has 170 valence electrons. The van der Waals surface area contributed by atoms with Gasteiger partial charge in [0.15, 0.2) is 5.78 Å². The average molecular weight is 498 g/mol. The van der Waals surface area contributed by atoms with Crippen LogP contribution in [-0.2, 0) is 15.1 Å². The molecule has 2 fully saturated rings. The van der Waals surface area contributed by atoms with Crippen molar-refractivity contribution in [2.75, 3.05) is 5.32 Å². The lowest BCUT2D eigenvalue weighted by Gasteiger charge is -2.45. The number of thiol groups is 1. The molecule has 3 atom stereocenters. The number of thiophene rings is 1. The first-order valence-electron chi connectivity index (χ1n) is 11.0. The fourth-order valence-corrected chi connectivity index (χ4v) is 6.03. The van der Waals surface area contributed by atoms with Crippen molar-refractivity contribution in [3.63, 3.8) is 0 Å². The molecule has 3 aromatic rings. The van der Waals surface area contributed by atoms with Crippen LogP contribution in [0.15, 0.2) is 59.3 Å². The fraction of sp³-hybridized carbons (Fsp3) is 0.320. The van der Waals surface area contributed by atoms with Gasteiger partial charge in [0.2, 0.25) is 5.91 Å². The van der Waals surface area contributed by atoms with Crippen molar-refractivity contribution in [1.82, 2.24) is 9.29 Å². The van der Waals surface area contributed by atoms with Crippen molar-refractivity contribution in [1.29, 1.82) is 0 Å². The topological polar surface area (TPSA) is 62.3 Å². The van der Waals surface area contributed by atoms with Crippen molar-refractivity contribution in [2.45, 2.75) is 43.7 Å². The first-order valence-corrected chi connectivity index (χ1v) is 12.7. The first kappa shape index (κ1) is 22.4. The molecular weight excluding hydrogens is 474 g/mol. The molecule has 1 N–H and O–H groups in total. The Hall–Kier alpha value is -2.35. The number of benzene rings is 1. The lowest BCUT2D eigenvalue weighted by molar-refractivity contribution is -0.142. The Balaban J connectivity index is 1.58. The molecule has 1 aliphatic heterocycles. The molecule has 1 aliphatic carbocycles. The van der Waals surface area contributed by atoms with Crippen molar-refractivity contribution in [3.8, 4) is 0 Å². The van der Waals surface area contributed by atoms with E-state index in [4.69, 9.17) is 29.4 Å². The van der Waals surface area contributed by atoms with Crippen LogP contribution in [0.5, 0.6) is 0 Å². The minimum absolute atomic E-state index is 0.0590. The number of nitrogens with zero attached hydrogens (tertiary/aromatic N) is 2. The molecule has 5 rings (SSSR count). The second kappa shape index (κ2) is 8.78. The van der Waals surface area contributed by atoms with Gasteiger partial charge < -0.3 is 5.32 Å². The van der Waals surface area contributed by atoms with Crippen molar-refractivity contribution in [2.24, 2.45) is 5.92 Å². The minimum Gasteiger partial charge on any atom is -0.367 e. The van der Waals surface area contributed by atoms with E-state index in [2.05, 4.69) is 12.2 Å². The zero-order valence-corrected chi connectivity index (χ0v) is 20.5. The van der Waals surface area contributed by atoms with Crippen molar-refractivity contribution in [3.05, 3.63) is 81.1 Å². The van der Waals surface area contributed by atoms with E-state index in [0.717, 1.165) is 11.4 Å². The third-order valence-electron chi connectivity index (χ3n) is 6.66. The van der Waals surface area contributed by atoms with E-state index in [1.54, 1.807) is 24.3 Å². The summed E-state index contributed by atoms with van der Waals surface area (Å²) in [6, 6.07) is 14.9. The quantitative estimate of drug-likeness (QED) is 0.339. The zero-order valence-electron chi connectivity index (χ0n) is 18.1. The zero-order chi connectivity index (χ0) is 23.2. The second-order valence-electron chi connectivity index (χ2n) is 8.80. The molecule has 0 radical (unpaired) electrons. The van der Waals surface area contributed by atoms with Crippen molar-refractivity contribution >= 4 is 53.3 Å². The number of piperidine rings is 1. The van der Waals surface area contributed by atoms with E-state index in [1.165, 1.54) is 28.5 Å². The molecule has 8 heteroatoms. The number of halogens is 1. The van der Waals surface area contributed by atoms with Crippen LogP contribution in [0.2, 0.25) is 5.02 Å². The summed E-state index contributed by atoms with van der Waals surface area (Å²) in [4.78, 5) is 32.1. The number of carbonyl (C=O) groups is 2. The summed E-state index contributed by atoms with van der Waals surface area (Å²) in [5.41, 5.74) is 0.842. The van der Waals surface area contributed by atoms with E-state index in [1.807, 2.05) is 35.0 Å². The molecule has 2 aliphatic rings. The molecule has 33 heavy (non-hydrogen) atoms. The largest absolute Gasteiger partial charge is 0.367 e. The number of pyridine rings is 1. The highest BCUT2D eigenvalue weighted by atomic mass is 35.5. The number of anilines is 1. The van der Waals surface area contributed by atoms with E-state index < -0.39 is 17.4 Å². The number of Topliss-reactive ketones (excluding diaryl/α,β-unsaturated/α-hetero) is 1. The third-order valence-corrected chi connectivity index (χ3v) is 8.23. The van der Waals surface area contributed by atoms with E-state index in [-0.39, 0.29) is 12.2 Å². The fourth-order valence-electron chi connectivity index (χ4n) is 4.66. The summed E-state index contributed by atoms with van der Waals surface area (Å²) in [7, 11) is 0. The van der Waals surface area contributed by atoms with Crippen LogP contribution >= 0.6 is 35.8 Å². The average Bonchev–Trinajstić information content (AvgIpc) is 3.52. The maximum Gasteiger partial charge on any atom is 0.248 e. The van der Waals surface area contributed by atoms with Crippen LogP contribution in [0.1, 0.15) is 48.9 Å². The summed E-state index contributed by atoms with van der Waals surface area (Å²) in [6.07, 6.45) is 2.51. The SMILES string of the molecule is CC(Nc1cccc(C2(c3ccsc3)CC(=O)C(c3ccccc3Cl)C(=O)N2S)n1)C1CC1. The van der Waals surface area contributed by atoms with Gasteiger partial charge in [-0.2, -0.15) is 11.3 Å². The number of hydrogen-bond acceptors (Lipinski definition) is 6. The van der Waals surface area contributed by atoms with Crippen LogP contribution < -0.4 is 5.32 Å². The van der Waals surface area contributed by atoms with Gasteiger partial charge in [-0.1, -0.05) is 48.7 Å². The number of rotatable bonds is 6. The summed E-state index contributed by atoms with van der Waals surface area (Å²) in [6.45, 7) is 2.16. The van der Waals surface area contributed by atoms with Crippen LogP contribution in [0.3, 0.4) is 0 Å². The van der Waals surface area contributed by atoms with Gasteiger partial charge in [0, 0.05) is 17.5 Å². The predicted octanol–water partition coefficient (Wildman–Crippen LogP) is 5.68. The number of carbonyl (C=O) groups excluding carboxylic acids is 2. The normalized spacial score (nSPS) is 24.1. The molecule has 3 unspecified atom stereocenters. The van der Waals surface area contributed by atoms with Gasteiger partial charge in [0.1, 0.15) is 17.3 Å². The van der Waals surface area contributed by atoms with Gasteiger partial charge >= 0.3 is 0 Å². The Bertz CT molecular complexity index is 1200. The maximum atomic E-state index is 13.7. The van der Waals surface area contributed by atoms with E-state index >= 15 is 0 Å². The molecule has 1 saturated heterocycles. The Morgan fingerprint density at radius 1 is 1.18 bits per heavy atom. The molecule has 3 heterocycles. The van der Waals surface area contributed by atoms with Crippen molar-refractivity contribution < 1.29 is 9.59 Å². The number of aromatic nitrogens is 1. The monoisotopic (exact) mass is 497 g/mol.